The minimum atomic E-state index is -1.20. The van der Waals surface area contributed by atoms with E-state index in [1.54, 1.807) is 7.05 Å². The second-order valence-corrected chi connectivity index (χ2v) is 9.30. The van der Waals surface area contributed by atoms with Crippen LogP contribution in [0.2, 0.25) is 0 Å². The topological polar surface area (TPSA) is 66.8 Å². The third kappa shape index (κ3) is 3.71. The van der Waals surface area contributed by atoms with Gasteiger partial charge >= 0.3 is 12.1 Å². The smallest absolute Gasteiger partial charge is 0.410 e. The van der Waals surface area contributed by atoms with Gasteiger partial charge in [-0.05, 0) is 53.4 Å². The van der Waals surface area contributed by atoms with Crippen molar-refractivity contribution < 1.29 is 19.4 Å². The number of nitrogens with zero attached hydrogens (tertiary/aromatic N) is 1. The van der Waals surface area contributed by atoms with Crippen LogP contribution < -0.4 is 0 Å². The maximum absolute atomic E-state index is 13.0. The number of aliphatic carboxylic acids is 1. The van der Waals surface area contributed by atoms with Gasteiger partial charge in [-0.25, -0.2) is 9.59 Å². The summed E-state index contributed by atoms with van der Waals surface area (Å²) in [6, 6.07) is 16.4. The lowest BCUT2D eigenvalue weighted by atomic mass is 9.71. The first-order valence-electron chi connectivity index (χ1n) is 11.2. The molecule has 0 heterocycles. The van der Waals surface area contributed by atoms with Crippen molar-refractivity contribution >= 4 is 12.1 Å². The highest BCUT2D eigenvalue weighted by Gasteiger charge is 2.49. The van der Waals surface area contributed by atoms with Crippen molar-refractivity contribution in [3.05, 3.63) is 59.7 Å². The molecule has 2 aromatic carbocycles. The predicted molar refractivity (Wildman–Crippen MR) is 120 cm³/mol. The molecule has 0 aliphatic heterocycles. The van der Waals surface area contributed by atoms with Crippen molar-refractivity contribution in [3.63, 3.8) is 0 Å². The molecule has 2 unspecified atom stereocenters. The fourth-order valence-electron chi connectivity index (χ4n) is 5.37. The van der Waals surface area contributed by atoms with Gasteiger partial charge in [-0.3, -0.25) is 4.90 Å². The van der Waals surface area contributed by atoms with Crippen molar-refractivity contribution in [2.75, 3.05) is 13.7 Å². The number of fused-ring (bicyclic) bond motifs is 3. The van der Waals surface area contributed by atoms with Crippen LogP contribution in [-0.4, -0.2) is 41.3 Å². The summed E-state index contributed by atoms with van der Waals surface area (Å²) in [5.74, 6) is -0.308. The standard InChI is InChI=1S/C26H31NO4/c1-17(2)18-9-8-14-26(15-18,24(28)29)27(3)25(30)31-16-23-21-12-6-4-10-19(21)20-11-5-7-13-22(20)23/h4-7,10-13,17-18,23H,8-9,14-16H2,1-3H3,(H,28,29). The van der Waals surface area contributed by atoms with Gasteiger partial charge in [0.15, 0.2) is 0 Å². The van der Waals surface area contributed by atoms with Crippen LogP contribution in [0.5, 0.6) is 0 Å². The number of carboxylic acids is 1. The Morgan fingerprint density at radius 3 is 2.23 bits per heavy atom. The number of hydrogen-bond acceptors (Lipinski definition) is 3. The summed E-state index contributed by atoms with van der Waals surface area (Å²) in [5.41, 5.74) is 3.42. The van der Waals surface area contributed by atoms with Gasteiger partial charge in [-0.1, -0.05) is 68.8 Å². The normalized spacial score (nSPS) is 22.6. The van der Waals surface area contributed by atoms with Gasteiger partial charge in [0.05, 0.1) is 0 Å². The van der Waals surface area contributed by atoms with Gasteiger partial charge in [-0.2, -0.15) is 0 Å². The number of amides is 1. The van der Waals surface area contributed by atoms with Crippen LogP contribution in [0.25, 0.3) is 11.1 Å². The Balaban J connectivity index is 1.53. The van der Waals surface area contributed by atoms with E-state index in [1.807, 2.05) is 24.3 Å². The van der Waals surface area contributed by atoms with E-state index in [9.17, 15) is 14.7 Å². The molecule has 1 saturated carbocycles. The molecule has 1 N–H and O–H groups in total. The molecule has 0 radical (unpaired) electrons. The number of likely N-dealkylation sites (N-methyl/N-ethyl adjacent to an activating group) is 1. The Kier molecular flexibility index (Phi) is 5.78. The average molecular weight is 422 g/mol. The lowest BCUT2D eigenvalue weighted by molar-refractivity contribution is -0.153. The van der Waals surface area contributed by atoms with Gasteiger partial charge in [0.2, 0.25) is 0 Å². The number of benzene rings is 2. The molecule has 1 fully saturated rings. The van der Waals surface area contributed by atoms with Crippen LogP contribution in [0.1, 0.15) is 56.6 Å². The fraction of sp³-hybridized carbons (Fsp3) is 0.462. The van der Waals surface area contributed by atoms with E-state index in [-0.39, 0.29) is 18.4 Å². The van der Waals surface area contributed by atoms with Crippen LogP contribution in [0, 0.1) is 11.8 Å². The van der Waals surface area contributed by atoms with E-state index in [0.717, 1.165) is 24.0 Å². The van der Waals surface area contributed by atoms with E-state index in [1.165, 1.54) is 16.0 Å². The van der Waals surface area contributed by atoms with Crippen molar-refractivity contribution in [1.82, 2.24) is 4.90 Å². The van der Waals surface area contributed by atoms with Crippen molar-refractivity contribution in [3.8, 4) is 11.1 Å². The molecule has 1 amide bonds. The second-order valence-electron chi connectivity index (χ2n) is 9.30. The first-order chi connectivity index (χ1) is 14.8. The second kappa shape index (κ2) is 8.37. The molecule has 5 nitrogen and oxygen atoms in total. The molecule has 2 aliphatic carbocycles. The highest BCUT2D eigenvalue weighted by molar-refractivity contribution is 5.84. The Morgan fingerprint density at radius 2 is 1.68 bits per heavy atom. The lowest BCUT2D eigenvalue weighted by Crippen LogP contribution is -2.58. The molecule has 0 bridgehead atoms. The van der Waals surface area contributed by atoms with Crippen molar-refractivity contribution in [1.29, 1.82) is 0 Å². The maximum Gasteiger partial charge on any atom is 0.410 e. The largest absolute Gasteiger partial charge is 0.479 e. The molecule has 0 aromatic heterocycles. The summed E-state index contributed by atoms with van der Waals surface area (Å²) in [5, 5.41) is 10.1. The molecule has 31 heavy (non-hydrogen) atoms. The van der Waals surface area contributed by atoms with Crippen LogP contribution in [0.3, 0.4) is 0 Å². The van der Waals surface area contributed by atoms with Crippen LogP contribution in [0.15, 0.2) is 48.5 Å². The van der Waals surface area contributed by atoms with Crippen molar-refractivity contribution in [2.45, 2.75) is 51.0 Å². The van der Waals surface area contributed by atoms with E-state index in [4.69, 9.17) is 4.74 Å². The summed E-state index contributed by atoms with van der Waals surface area (Å²) in [7, 11) is 1.58. The number of carbonyl (C=O) groups excluding carboxylic acids is 1. The first-order valence-corrected chi connectivity index (χ1v) is 11.2. The summed E-state index contributed by atoms with van der Waals surface area (Å²) >= 11 is 0. The molecule has 164 valence electrons. The third-order valence-corrected chi connectivity index (χ3v) is 7.36. The maximum atomic E-state index is 13.0. The summed E-state index contributed by atoms with van der Waals surface area (Å²) in [6.45, 7) is 4.44. The molecule has 2 atom stereocenters. The highest BCUT2D eigenvalue weighted by Crippen LogP contribution is 2.45. The zero-order chi connectivity index (χ0) is 22.2. The molecule has 4 rings (SSSR count). The number of ether oxygens (including phenoxy) is 1. The van der Waals surface area contributed by atoms with Crippen LogP contribution >= 0.6 is 0 Å². The molecular formula is C26H31NO4. The Morgan fingerprint density at radius 1 is 1.10 bits per heavy atom. The van der Waals surface area contributed by atoms with E-state index < -0.39 is 17.6 Å². The predicted octanol–water partition coefficient (Wildman–Crippen LogP) is 5.54. The number of hydrogen-bond donors (Lipinski definition) is 1. The minimum Gasteiger partial charge on any atom is -0.479 e. The summed E-state index contributed by atoms with van der Waals surface area (Å²) < 4.78 is 5.75. The SMILES string of the molecule is CC(C)C1CCCC(C(=O)O)(N(C)C(=O)OCC2c3ccccc3-c3ccccc32)C1. The monoisotopic (exact) mass is 421 g/mol. The van der Waals surface area contributed by atoms with Crippen LogP contribution in [-0.2, 0) is 9.53 Å². The molecule has 0 saturated heterocycles. The van der Waals surface area contributed by atoms with Crippen molar-refractivity contribution in [2.24, 2.45) is 11.8 Å². The van der Waals surface area contributed by atoms with Gasteiger partial charge < -0.3 is 9.84 Å². The zero-order valence-corrected chi connectivity index (χ0v) is 18.5. The molecule has 5 heteroatoms. The first kappa shape index (κ1) is 21.4. The lowest BCUT2D eigenvalue weighted by Gasteiger charge is -2.44. The van der Waals surface area contributed by atoms with Gasteiger partial charge in [-0.15, -0.1) is 0 Å². The average Bonchev–Trinajstić information content (AvgIpc) is 3.10. The summed E-state index contributed by atoms with van der Waals surface area (Å²) in [4.78, 5) is 26.7. The van der Waals surface area contributed by atoms with Crippen LogP contribution in [0.4, 0.5) is 4.79 Å². The Bertz CT molecular complexity index is 939. The minimum absolute atomic E-state index is 0.0414. The molecule has 2 aliphatic rings. The fourth-order valence-corrected chi connectivity index (χ4v) is 5.37. The van der Waals surface area contributed by atoms with Gasteiger partial charge in [0.25, 0.3) is 0 Å². The Labute approximate surface area is 184 Å². The van der Waals surface area contributed by atoms with Gasteiger partial charge in [0, 0.05) is 13.0 Å². The molecule has 2 aromatic rings. The number of rotatable bonds is 5. The van der Waals surface area contributed by atoms with E-state index in [2.05, 4.69) is 38.1 Å². The number of carbonyl (C=O) groups is 2. The molecule has 0 spiro atoms. The zero-order valence-electron chi connectivity index (χ0n) is 18.5. The quantitative estimate of drug-likeness (QED) is 0.689. The number of carboxylic acid groups (broad SMARTS) is 1. The summed E-state index contributed by atoms with van der Waals surface area (Å²) in [6.07, 6.45) is 2.18. The Hall–Kier alpha value is -2.82. The van der Waals surface area contributed by atoms with Gasteiger partial charge in [0.1, 0.15) is 12.1 Å². The highest BCUT2D eigenvalue weighted by atomic mass is 16.6. The van der Waals surface area contributed by atoms with E-state index in [0.29, 0.717) is 18.8 Å². The molecular weight excluding hydrogens is 390 g/mol. The third-order valence-electron chi connectivity index (χ3n) is 7.36. The van der Waals surface area contributed by atoms with E-state index >= 15 is 0 Å².